The molecule has 1 aliphatic heterocycles. The molecule has 132 valence electrons. The fourth-order valence-electron chi connectivity index (χ4n) is 3.34. The summed E-state index contributed by atoms with van der Waals surface area (Å²) in [4.78, 5) is 27.5. The minimum atomic E-state index is -1.13. The van der Waals surface area contributed by atoms with Crippen molar-refractivity contribution in [3.63, 3.8) is 0 Å². The summed E-state index contributed by atoms with van der Waals surface area (Å²) in [5.74, 6) is 0.391. The molecule has 0 saturated carbocycles. The molecule has 6 nitrogen and oxygen atoms in total. The van der Waals surface area contributed by atoms with Crippen LogP contribution < -0.4 is 10.5 Å². The molecule has 2 aromatic heterocycles. The van der Waals surface area contributed by atoms with E-state index in [-0.39, 0.29) is 11.5 Å². The number of hydrogen-bond donors (Lipinski definition) is 0. The van der Waals surface area contributed by atoms with E-state index in [0.717, 1.165) is 17.7 Å². The Morgan fingerprint density at radius 1 is 1.12 bits per heavy atom. The summed E-state index contributed by atoms with van der Waals surface area (Å²) in [6.45, 7) is 4.04. The number of para-hydroxylation sites is 1. The monoisotopic (exact) mass is 349 g/mol. The topological polar surface area (TPSA) is 68.3 Å². The molecule has 1 aromatic carbocycles. The molecule has 0 unspecified atom stereocenters. The lowest BCUT2D eigenvalue weighted by Crippen LogP contribution is -2.51. The molecule has 0 bridgehead atoms. The normalized spacial score (nSPS) is 13.7. The highest BCUT2D eigenvalue weighted by atomic mass is 16.3. The molecular formula is C20H19N3O3. The Morgan fingerprint density at radius 2 is 1.92 bits per heavy atom. The lowest BCUT2D eigenvalue weighted by Gasteiger charge is -2.30. The number of amides is 1. The van der Waals surface area contributed by atoms with Crippen LogP contribution in [0.4, 0.5) is 5.69 Å². The van der Waals surface area contributed by atoms with E-state index in [1.165, 1.54) is 10.7 Å². The summed E-state index contributed by atoms with van der Waals surface area (Å²) < 4.78 is 6.60. The third-order valence-corrected chi connectivity index (χ3v) is 4.76. The first kappa shape index (κ1) is 16.3. The van der Waals surface area contributed by atoms with Crippen LogP contribution in [0.25, 0.3) is 11.5 Å². The predicted molar refractivity (Wildman–Crippen MR) is 98.0 cm³/mol. The van der Waals surface area contributed by atoms with Crippen molar-refractivity contribution in [3.05, 3.63) is 70.7 Å². The maximum absolute atomic E-state index is 13.3. The minimum absolute atomic E-state index is 0.159. The van der Waals surface area contributed by atoms with E-state index in [1.807, 2.05) is 24.3 Å². The molecule has 0 fully saturated rings. The fourth-order valence-corrected chi connectivity index (χ4v) is 3.34. The molecule has 1 amide bonds. The molecular weight excluding hydrogens is 330 g/mol. The number of carbonyl (C=O) groups excluding carboxylic acids is 1. The van der Waals surface area contributed by atoms with Crippen LogP contribution in [-0.4, -0.2) is 22.2 Å². The van der Waals surface area contributed by atoms with Crippen LogP contribution in [0.1, 0.15) is 19.4 Å². The van der Waals surface area contributed by atoms with Crippen molar-refractivity contribution in [1.82, 2.24) is 9.78 Å². The van der Waals surface area contributed by atoms with Crippen molar-refractivity contribution in [2.45, 2.75) is 25.8 Å². The molecule has 3 heterocycles. The highest BCUT2D eigenvalue weighted by molar-refractivity contribution is 6.00. The third-order valence-electron chi connectivity index (χ3n) is 4.76. The number of furan rings is 1. The molecule has 4 rings (SSSR count). The highest BCUT2D eigenvalue weighted by Gasteiger charge is 2.38. The van der Waals surface area contributed by atoms with Gasteiger partial charge in [-0.15, -0.1) is 0 Å². The Morgan fingerprint density at radius 3 is 2.69 bits per heavy atom. The second-order valence-corrected chi connectivity index (χ2v) is 6.84. The van der Waals surface area contributed by atoms with Crippen LogP contribution in [0.3, 0.4) is 0 Å². The number of fused-ring (bicyclic) bond motifs is 1. The summed E-state index contributed by atoms with van der Waals surface area (Å²) in [5, 5.41) is 4.40. The van der Waals surface area contributed by atoms with E-state index in [1.54, 1.807) is 43.2 Å². The van der Waals surface area contributed by atoms with E-state index in [4.69, 9.17) is 4.42 Å². The molecule has 0 N–H and O–H groups in total. The van der Waals surface area contributed by atoms with Gasteiger partial charge >= 0.3 is 0 Å². The van der Waals surface area contributed by atoms with Crippen molar-refractivity contribution in [1.29, 1.82) is 0 Å². The second-order valence-electron chi connectivity index (χ2n) is 6.84. The average Bonchev–Trinajstić information content (AvgIpc) is 3.31. The summed E-state index contributed by atoms with van der Waals surface area (Å²) >= 11 is 0. The number of hydrogen-bond acceptors (Lipinski definition) is 4. The Labute approximate surface area is 150 Å². The van der Waals surface area contributed by atoms with E-state index in [2.05, 4.69) is 5.10 Å². The lowest BCUT2D eigenvalue weighted by atomic mass is 10.0. The van der Waals surface area contributed by atoms with E-state index < -0.39 is 5.54 Å². The Balaban J connectivity index is 1.74. The number of carbonyl (C=O) groups is 1. The van der Waals surface area contributed by atoms with E-state index >= 15 is 0 Å². The number of rotatable bonds is 3. The van der Waals surface area contributed by atoms with Gasteiger partial charge in [0.25, 0.3) is 11.5 Å². The number of benzene rings is 1. The standard InChI is InChI=1S/C20H19N3O3/c1-20(2,19(25)22-12-11-14-6-3-4-7-16(14)22)23-18(24)10-9-15(21-23)17-8-5-13-26-17/h3-10,13H,11-12H2,1-2H3. The summed E-state index contributed by atoms with van der Waals surface area (Å²) in [5.41, 5.74) is 1.10. The molecule has 0 spiro atoms. The molecule has 0 atom stereocenters. The van der Waals surface area contributed by atoms with Gasteiger partial charge in [0, 0.05) is 18.3 Å². The van der Waals surface area contributed by atoms with Gasteiger partial charge < -0.3 is 9.32 Å². The van der Waals surface area contributed by atoms with Crippen LogP contribution in [-0.2, 0) is 16.8 Å². The van der Waals surface area contributed by atoms with Crippen molar-refractivity contribution < 1.29 is 9.21 Å². The van der Waals surface area contributed by atoms with Gasteiger partial charge in [-0.2, -0.15) is 5.10 Å². The maximum Gasteiger partial charge on any atom is 0.267 e. The van der Waals surface area contributed by atoms with Crippen LogP contribution in [0.15, 0.2) is 64.0 Å². The Hall–Kier alpha value is -3.15. The van der Waals surface area contributed by atoms with E-state index in [9.17, 15) is 9.59 Å². The molecule has 0 aliphatic carbocycles. The van der Waals surface area contributed by atoms with Crippen molar-refractivity contribution in [2.24, 2.45) is 0 Å². The van der Waals surface area contributed by atoms with Gasteiger partial charge in [-0.1, -0.05) is 18.2 Å². The van der Waals surface area contributed by atoms with Gasteiger partial charge in [-0.3, -0.25) is 9.59 Å². The number of anilines is 1. The van der Waals surface area contributed by atoms with Crippen molar-refractivity contribution >= 4 is 11.6 Å². The Kier molecular flexibility index (Phi) is 3.76. The average molecular weight is 349 g/mol. The first-order valence-electron chi connectivity index (χ1n) is 8.53. The van der Waals surface area contributed by atoms with Gasteiger partial charge in [0.1, 0.15) is 11.2 Å². The van der Waals surface area contributed by atoms with Gasteiger partial charge in [0.15, 0.2) is 5.76 Å². The molecule has 0 saturated heterocycles. The minimum Gasteiger partial charge on any atom is -0.463 e. The Bertz CT molecular complexity index is 1020. The first-order chi connectivity index (χ1) is 12.5. The number of aromatic nitrogens is 2. The maximum atomic E-state index is 13.3. The van der Waals surface area contributed by atoms with Crippen LogP contribution in [0.2, 0.25) is 0 Å². The number of nitrogens with zero attached hydrogens (tertiary/aromatic N) is 3. The molecule has 1 aliphatic rings. The van der Waals surface area contributed by atoms with Gasteiger partial charge in [-0.05, 0) is 50.1 Å². The van der Waals surface area contributed by atoms with E-state index in [0.29, 0.717) is 18.0 Å². The molecule has 6 heteroatoms. The van der Waals surface area contributed by atoms with Crippen molar-refractivity contribution in [2.75, 3.05) is 11.4 Å². The zero-order valence-electron chi connectivity index (χ0n) is 14.7. The molecule has 26 heavy (non-hydrogen) atoms. The highest BCUT2D eigenvalue weighted by Crippen LogP contribution is 2.31. The smallest absolute Gasteiger partial charge is 0.267 e. The summed E-state index contributed by atoms with van der Waals surface area (Å²) in [7, 11) is 0. The third kappa shape index (κ3) is 2.54. The fraction of sp³-hybridized carbons (Fsp3) is 0.250. The summed E-state index contributed by atoms with van der Waals surface area (Å²) in [6, 6.07) is 14.4. The quantitative estimate of drug-likeness (QED) is 0.729. The van der Waals surface area contributed by atoms with Crippen LogP contribution in [0.5, 0.6) is 0 Å². The van der Waals surface area contributed by atoms with Gasteiger partial charge in [0.05, 0.1) is 6.26 Å². The predicted octanol–water partition coefficient (Wildman–Crippen LogP) is 2.83. The molecule has 0 radical (unpaired) electrons. The first-order valence-corrected chi connectivity index (χ1v) is 8.53. The zero-order valence-corrected chi connectivity index (χ0v) is 14.7. The second kappa shape index (κ2) is 5.98. The largest absolute Gasteiger partial charge is 0.463 e. The van der Waals surface area contributed by atoms with Crippen molar-refractivity contribution in [3.8, 4) is 11.5 Å². The van der Waals surface area contributed by atoms with Crippen LogP contribution >= 0.6 is 0 Å². The summed E-state index contributed by atoms with van der Waals surface area (Å²) in [6.07, 6.45) is 2.36. The zero-order chi connectivity index (χ0) is 18.3. The van der Waals surface area contributed by atoms with Gasteiger partial charge in [-0.25, -0.2) is 4.68 Å². The molecule has 3 aromatic rings. The lowest BCUT2D eigenvalue weighted by molar-refractivity contribution is -0.126. The SMILES string of the molecule is CC(C)(C(=O)N1CCc2ccccc21)n1nc(-c2ccco2)ccc1=O. The van der Waals surface area contributed by atoms with Crippen LogP contribution in [0, 0.1) is 0 Å². The van der Waals surface area contributed by atoms with Gasteiger partial charge in [0.2, 0.25) is 0 Å².